The van der Waals surface area contributed by atoms with E-state index in [0.717, 1.165) is 5.17 Å². The number of hydrogen-bond donors (Lipinski definition) is 0. The van der Waals surface area contributed by atoms with Crippen LogP contribution in [-0.4, -0.2) is 17.3 Å². The van der Waals surface area contributed by atoms with Crippen LogP contribution >= 0.6 is 23.7 Å². The molecule has 42 valence electrons. The summed E-state index contributed by atoms with van der Waals surface area (Å²) < 4.78 is 3.96. The molecule has 0 spiro atoms. The van der Waals surface area contributed by atoms with Gasteiger partial charge in [0.15, 0.2) is 0 Å². The van der Waals surface area contributed by atoms with Gasteiger partial charge in [0.05, 0.1) is 5.41 Å². The minimum Gasteiger partial charge on any atom is -0.184 e. The number of rotatable bonds is 0. The summed E-state index contributed by atoms with van der Waals surface area (Å²) in [5.41, 5.74) is 0. The molecule has 2 nitrogen and oxygen atoms in total. The normalized spacial score (nSPS) is 16.4. The van der Waals surface area contributed by atoms with Crippen molar-refractivity contribution < 1.29 is 0 Å². The molecule has 0 aromatic heterocycles. The molecule has 0 radical (unpaired) electrons. The summed E-state index contributed by atoms with van der Waals surface area (Å²) in [6, 6.07) is 0. The largest absolute Gasteiger partial charge is 0.203 e. The lowest BCUT2D eigenvalue weighted by molar-refractivity contribution is 1.74. The minimum atomic E-state index is 0.789. The van der Waals surface area contributed by atoms with Gasteiger partial charge in [-0.05, 0) is 12.1 Å². The second kappa shape index (κ2) is 2.97. The van der Waals surface area contributed by atoms with E-state index >= 15 is 0 Å². The fraction of sp³-hybridized carbons (Fsp3) is 0.250. The van der Waals surface area contributed by atoms with Crippen molar-refractivity contribution >= 4 is 34.7 Å². The number of amidine groups is 1. The predicted molar refractivity (Wildman–Crippen MR) is 40.5 cm³/mol. The van der Waals surface area contributed by atoms with Gasteiger partial charge in [0.1, 0.15) is 0 Å². The summed E-state index contributed by atoms with van der Waals surface area (Å²) in [6.07, 6.45) is 1.94. The van der Waals surface area contributed by atoms with E-state index in [9.17, 15) is 0 Å². The van der Waals surface area contributed by atoms with Gasteiger partial charge >= 0.3 is 0 Å². The minimum absolute atomic E-state index is 0.789. The molecule has 0 N–H and O–H groups in total. The lowest BCUT2D eigenvalue weighted by atomic mass is 11.1. The highest BCUT2D eigenvalue weighted by atomic mass is 32.2. The molecule has 0 saturated heterocycles. The SMILES string of the molecule is CSC1=NSC=C=N1. The summed E-state index contributed by atoms with van der Waals surface area (Å²) in [4.78, 5) is 3.83. The summed E-state index contributed by atoms with van der Waals surface area (Å²) in [6.45, 7) is 0. The fourth-order valence-electron chi connectivity index (χ4n) is 0.280. The molecular formula is C4H4N2S2. The van der Waals surface area contributed by atoms with Crippen molar-refractivity contribution in [1.29, 1.82) is 0 Å². The van der Waals surface area contributed by atoms with Crippen LogP contribution in [0.4, 0.5) is 0 Å². The van der Waals surface area contributed by atoms with Crippen LogP contribution in [0.1, 0.15) is 0 Å². The zero-order chi connectivity index (χ0) is 5.82. The summed E-state index contributed by atoms with van der Waals surface area (Å²) in [5, 5.41) is 2.51. The molecule has 0 aromatic rings. The fourth-order valence-corrected chi connectivity index (χ4v) is 1.13. The molecule has 0 fully saturated rings. The van der Waals surface area contributed by atoms with E-state index in [4.69, 9.17) is 0 Å². The summed E-state index contributed by atoms with van der Waals surface area (Å²) in [7, 11) is 0. The Kier molecular flexibility index (Phi) is 2.21. The Hall–Kier alpha value is -0.180. The molecule has 0 aliphatic carbocycles. The third kappa shape index (κ3) is 1.40. The topological polar surface area (TPSA) is 24.7 Å². The standard InChI is InChI=1S/C4H4N2S2/c1-7-4-5-2-3-8-6-4/h3H,1H3. The van der Waals surface area contributed by atoms with E-state index in [2.05, 4.69) is 15.3 Å². The van der Waals surface area contributed by atoms with Gasteiger partial charge < -0.3 is 0 Å². The second-order valence-electron chi connectivity index (χ2n) is 1.04. The Morgan fingerprint density at radius 3 is 3.12 bits per heavy atom. The van der Waals surface area contributed by atoms with Crippen molar-refractivity contribution in [2.24, 2.45) is 9.39 Å². The van der Waals surface area contributed by atoms with Crippen LogP contribution in [0.25, 0.3) is 0 Å². The first-order valence-corrected chi connectivity index (χ1v) is 4.05. The number of thioether (sulfide) groups is 1. The highest BCUT2D eigenvalue weighted by Crippen LogP contribution is 2.11. The van der Waals surface area contributed by atoms with Gasteiger partial charge in [-0.25, -0.2) is 0 Å². The molecule has 0 aromatic carbocycles. The van der Waals surface area contributed by atoms with E-state index in [-0.39, 0.29) is 0 Å². The third-order valence-corrected chi connectivity index (χ3v) is 1.73. The number of aliphatic imine (C=N–C) groups is 1. The molecule has 0 bridgehead atoms. The number of nitrogens with zero attached hydrogens (tertiary/aromatic N) is 2. The molecule has 1 aliphatic heterocycles. The molecule has 1 heterocycles. The average molecular weight is 144 g/mol. The van der Waals surface area contributed by atoms with E-state index in [0.29, 0.717) is 0 Å². The molecule has 4 heteroatoms. The first kappa shape index (κ1) is 5.95. The van der Waals surface area contributed by atoms with E-state index in [1.807, 2.05) is 6.26 Å². The molecule has 0 amide bonds. The Morgan fingerprint density at radius 1 is 1.88 bits per heavy atom. The Balaban J connectivity index is 2.68. The lowest BCUT2D eigenvalue weighted by Gasteiger charge is -1.91. The van der Waals surface area contributed by atoms with Gasteiger partial charge in [0.2, 0.25) is 5.17 Å². The van der Waals surface area contributed by atoms with Crippen LogP contribution in [0.5, 0.6) is 0 Å². The lowest BCUT2D eigenvalue weighted by Crippen LogP contribution is -1.83. The zero-order valence-corrected chi connectivity index (χ0v) is 5.92. The zero-order valence-electron chi connectivity index (χ0n) is 4.29. The first-order chi connectivity index (χ1) is 3.93. The number of hydrogen-bond acceptors (Lipinski definition) is 4. The second-order valence-corrected chi connectivity index (χ2v) is 2.44. The summed E-state index contributed by atoms with van der Waals surface area (Å²) in [5.74, 6) is 2.70. The van der Waals surface area contributed by atoms with Crippen LogP contribution in [0, 0.1) is 0 Å². The van der Waals surface area contributed by atoms with Gasteiger partial charge in [-0.2, -0.15) is 9.39 Å². The predicted octanol–water partition coefficient (Wildman–Crippen LogP) is 1.55. The quantitative estimate of drug-likeness (QED) is 0.482. The van der Waals surface area contributed by atoms with E-state index in [1.54, 1.807) is 5.41 Å². The van der Waals surface area contributed by atoms with E-state index < -0.39 is 0 Å². The third-order valence-electron chi connectivity index (χ3n) is 0.579. The molecule has 0 unspecified atom stereocenters. The molecule has 0 saturated carbocycles. The van der Waals surface area contributed by atoms with Crippen LogP contribution in [-0.2, 0) is 0 Å². The Labute approximate surface area is 56.3 Å². The maximum absolute atomic E-state index is 3.96. The smallest absolute Gasteiger partial charge is 0.184 e. The van der Waals surface area contributed by atoms with Crippen LogP contribution in [0.3, 0.4) is 0 Å². The maximum atomic E-state index is 3.96. The highest BCUT2D eigenvalue weighted by molar-refractivity contribution is 8.14. The van der Waals surface area contributed by atoms with Crippen molar-refractivity contribution in [2.45, 2.75) is 0 Å². The first-order valence-electron chi connectivity index (χ1n) is 1.99. The van der Waals surface area contributed by atoms with Gasteiger partial charge in [0, 0.05) is 11.9 Å². The van der Waals surface area contributed by atoms with Crippen LogP contribution in [0.2, 0.25) is 0 Å². The van der Waals surface area contributed by atoms with Crippen molar-refractivity contribution in [3.63, 3.8) is 0 Å². The van der Waals surface area contributed by atoms with Crippen LogP contribution in [0.15, 0.2) is 14.8 Å². The maximum Gasteiger partial charge on any atom is 0.203 e. The molecule has 8 heavy (non-hydrogen) atoms. The van der Waals surface area contributed by atoms with Crippen molar-refractivity contribution in [2.75, 3.05) is 6.26 Å². The van der Waals surface area contributed by atoms with Crippen molar-refractivity contribution in [1.82, 2.24) is 0 Å². The highest BCUT2D eigenvalue weighted by Gasteiger charge is 1.92. The van der Waals surface area contributed by atoms with Crippen molar-refractivity contribution in [3.05, 3.63) is 5.41 Å². The molecule has 0 atom stereocenters. The van der Waals surface area contributed by atoms with E-state index in [1.165, 1.54) is 23.7 Å². The Bertz CT molecular complexity index is 167. The molecule has 1 rings (SSSR count). The molecular weight excluding hydrogens is 140 g/mol. The van der Waals surface area contributed by atoms with Gasteiger partial charge in [0.25, 0.3) is 0 Å². The summed E-state index contributed by atoms with van der Waals surface area (Å²) >= 11 is 2.89. The van der Waals surface area contributed by atoms with Crippen molar-refractivity contribution in [3.8, 4) is 0 Å². The van der Waals surface area contributed by atoms with Gasteiger partial charge in [-0.1, -0.05) is 11.8 Å². The van der Waals surface area contributed by atoms with Gasteiger partial charge in [-0.3, -0.25) is 0 Å². The Morgan fingerprint density at radius 2 is 2.75 bits per heavy atom. The van der Waals surface area contributed by atoms with Crippen LogP contribution < -0.4 is 0 Å². The monoisotopic (exact) mass is 144 g/mol. The van der Waals surface area contributed by atoms with Gasteiger partial charge in [-0.15, -0.1) is 0 Å². The molecule has 1 aliphatic rings. The average Bonchev–Trinajstić information content (AvgIpc) is 1.90.